The third-order valence-corrected chi connectivity index (χ3v) is 5.73. The molecule has 31 heavy (non-hydrogen) atoms. The predicted molar refractivity (Wildman–Crippen MR) is 115 cm³/mol. The Bertz CT molecular complexity index is 1230. The maximum atomic E-state index is 13.2. The maximum absolute atomic E-state index is 13.2. The summed E-state index contributed by atoms with van der Waals surface area (Å²) in [5.74, 6) is 1.73. The Kier molecular flexibility index (Phi) is 4.89. The van der Waals surface area contributed by atoms with Crippen molar-refractivity contribution in [3.63, 3.8) is 0 Å². The van der Waals surface area contributed by atoms with Crippen molar-refractivity contribution in [1.29, 1.82) is 0 Å². The molecule has 4 heterocycles. The highest BCUT2D eigenvalue weighted by Gasteiger charge is 2.30. The van der Waals surface area contributed by atoms with Gasteiger partial charge in [-0.05, 0) is 50.1 Å². The molecule has 158 valence electrons. The number of fused-ring (bicyclic) bond motifs is 1. The molecule has 0 radical (unpaired) electrons. The van der Waals surface area contributed by atoms with Crippen molar-refractivity contribution < 1.29 is 13.9 Å². The van der Waals surface area contributed by atoms with Gasteiger partial charge in [0, 0.05) is 35.9 Å². The Morgan fingerprint density at radius 2 is 2.16 bits per heavy atom. The fourth-order valence-corrected chi connectivity index (χ4v) is 4.06. The van der Waals surface area contributed by atoms with Gasteiger partial charge in [-0.1, -0.05) is 6.07 Å². The van der Waals surface area contributed by atoms with Gasteiger partial charge in [0.25, 0.3) is 5.91 Å². The second-order valence-electron chi connectivity index (χ2n) is 7.83. The quantitative estimate of drug-likeness (QED) is 0.540. The minimum absolute atomic E-state index is 0.0104. The molecule has 5 rings (SSSR count). The number of pyridine rings is 1. The van der Waals surface area contributed by atoms with Gasteiger partial charge < -0.3 is 19.0 Å². The van der Waals surface area contributed by atoms with E-state index in [1.165, 1.54) is 0 Å². The molecule has 1 saturated heterocycles. The molecule has 1 aromatic carbocycles. The first-order valence-corrected chi connectivity index (χ1v) is 10.3. The van der Waals surface area contributed by atoms with Crippen LogP contribution < -0.4 is 4.74 Å². The lowest BCUT2D eigenvalue weighted by Crippen LogP contribution is -2.39. The van der Waals surface area contributed by atoms with Crippen molar-refractivity contribution in [3.05, 3.63) is 59.9 Å². The number of piperidine rings is 1. The largest absolute Gasteiger partial charge is 0.496 e. The van der Waals surface area contributed by atoms with Gasteiger partial charge in [-0.15, -0.1) is 10.2 Å². The number of rotatable bonds is 4. The normalized spacial score (nSPS) is 16.6. The standard InChI is InChI=1S/C23H23N5O3/c1-14-8-9-15(12-24-14)21-26-27-22(31-21)16-5-4-10-28(13-16)23(29)19-11-17-18(25-19)6-3-7-20(17)30-2/h3,6-9,11-12,16,25H,4-5,10,13H2,1-2H3/t16-/m0/s1. The molecule has 8 nitrogen and oxygen atoms in total. The number of methoxy groups -OCH3 is 1. The van der Waals surface area contributed by atoms with Crippen molar-refractivity contribution in [3.8, 4) is 17.2 Å². The highest BCUT2D eigenvalue weighted by molar-refractivity contribution is 5.99. The van der Waals surface area contributed by atoms with E-state index in [2.05, 4.69) is 20.2 Å². The van der Waals surface area contributed by atoms with E-state index in [0.717, 1.165) is 40.8 Å². The Balaban J connectivity index is 1.35. The summed E-state index contributed by atoms with van der Waals surface area (Å²) in [4.78, 5) is 22.5. The van der Waals surface area contributed by atoms with Crippen LogP contribution in [-0.2, 0) is 0 Å². The maximum Gasteiger partial charge on any atom is 0.270 e. The summed E-state index contributed by atoms with van der Waals surface area (Å²) < 4.78 is 11.3. The molecule has 0 aliphatic carbocycles. The van der Waals surface area contributed by atoms with Gasteiger partial charge in [-0.25, -0.2) is 0 Å². The molecule has 1 fully saturated rings. The van der Waals surface area contributed by atoms with Gasteiger partial charge >= 0.3 is 0 Å². The molecule has 1 amide bonds. The van der Waals surface area contributed by atoms with Crippen LogP contribution in [0.5, 0.6) is 5.75 Å². The van der Waals surface area contributed by atoms with Crippen molar-refractivity contribution in [2.75, 3.05) is 20.2 Å². The molecule has 0 saturated carbocycles. The number of hydrogen-bond acceptors (Lipinski definition) is 6. The van der Waals surface area contributed by atoms with Crippen LogP contribution in [0.1, 0.15) is 40.8 Å². The van der Waals surface area contributed by atoms with Crippen LogP contribution in [0.25, 0.3) is 22.4 Å². The highest BCUT2D eigenvalue weighted by Crippen LogP contribution is 2.30. The lowest BCUT2D eigenvalue weighted by molar-refractivity contribution is 0.0693. The summed E-state index contributed by atoms with van der Waals surface area (Å²) in [6, 6.07) is 11.4. The van der Waals surface area contributed by atoms with Crippen molar-refractivity contribution in [1.82, 2.24) is 25.1 Å². The number of carbonyl (C=O) groups excluding carboxylic acids is 1. The monoisotopic (exact) mass is 417 g/mol. The molecular weight excluding hydrogens is 394 g/mol. The van der Waals surface area contributed by atoms with Crippen molar-refractivity contribution in [2.24, 2.45) is 0 Å². The first kappa shape index (κ1) is 19.3. The zero-order valence-corrected chi connectivity index (χ0v) is 17.5. The van der Waals surface area contributed by atoms with E-state index in [1.54, 1.807) is 13.3 Å². The molecule has 8 heteroatoms. The van der Waals surface area contributed by atoms with Gasteiger partial charge in [0.15, 0.2) is 0 Å². The summed E-state index contributed by atoms with van der Waals surface area (Å²) in [5.41, 5.74) is 3.15. The predicted octanol–water partition coefficient (Wildman–Crippen LogP) is 3.95. The van der Waals surface area contributed by atoms with Crippen LogP contribution in [0.4, 0.5) is 0 Å². The SMILES string of the molecule is COc1cccc2[nH]c(C(=O)N3CCC[C@H](c4nnc(-c5ccc(C)nc5)o4)C3)cc12. The molecule has 4 aromatic rings. The first-order valence-electron chi connectivity index (χ1n) is 10.3. The zero-order valence-electron chi connectivity index (χ0n) is 17.5. The van der Waals surface area contributed by atoms with Gasteiger partial charge in [0.05, 0.1) is 18.6 Å². The number of aryl methyl sites for hydroxylation is 1. The van der Waals surface area contributed by atoms with Gasteiger partial charge in [-0.2, -0.15) is 0 Å². The zero-order chi connectivity index (χ0) is 21.4. The summed E-state index contributed by atoms with van der Waals surface area (Å²) >= 11 is 0. The Labute approximate surface area is 179 Å². The summed E-state index contributed by atoms with van der Waals surface area (Å²) in [7, 11) is 1.63. The third kappa shape index (κ3) is 3.65. The number of carbonyl (C=O) groups is 1. The number of nitrogens with zero attached hydrogens (tertiary/aromatic N) is 4. The number of aromatic amines is 1. The number of ether oxygens (including phenoxy) is 1. The topological polar surface area (TPSA) is 97.1 Å². The van der Waals surface area contributed by atoms with E-state index in [9.17, 15) is 4.79 Å². The molecule has 1 N–H and O–H groups in total. The van der Waals surface area contributed by atoms with Crippen LogP contribution in [-0.4, -0.2) is 51.2 Å². The van der Waals surface area contributed by atoms with Gasteiger partial charge in [0.1, 0.15) is 11.4 Å². The third-order valence-electron chi connectivity index (χ3n) is 5.73. The van der Waals surface area contributed by atoms with Crippen molar-refractivity contribution >= 4 is 16.8 Å². The number of nitrogens with one attached hydrogen (secondary N) is 1. The molecule has 1 aliphatic rings. The lowest BCUT2D eigenvalue weighted by atomic mass is 9.98. The minimum Gasteiger partial charge on any atom is -0.496 e. The molecule has 0 unspecified atom stereocenters. The smallest absolute Gasteiger partial charge is 0.270 e. The van der Waals surface area contributed by atoms with E-state index in [0.29, 0.717) is 30.6 Å². The van der Waals surface area contributed by atoms with Crippen LogP contribution in [0.3, 0.4) is 0 Å². The average Bonchev–Trinajstić information content (AvgIpc) is 3.46. The molecule has 0 bridgehead atoms. The fraction of sp³-hybridized carbons (Fsp3) is 0.304. The Morgan fingerprint density at radius 3 is 2.97 bits per heavy atom. The number of H-pyrrole nitrogens is 1. The van der Waals surface area contributed by atoms with Crippen LogP contribution in [0, 0.1) is 6.92 Å². The van der Waals surface area contributed by atoms with E-state index >= 15 is 0 Å². The van der Waals surface area contributed by atoms with Crippen LogP contribution in [0.2, 0.25) is 0 Å². The Hall–Kier alpha value is -3.68. The second-order valence-corrected chi connectivity index (χ2v) is 7.83. The number of amides is 1. The van der Waals surface area contributed by atoms with Crippen molar-refractivity contribution in [2.45, 2.75) is 25.7 Å². The van der Waals surface area contributed by atoms with Crippen LogP contribution in [0.15, 0.2) is 47.0 Å². The van der Waals surface area contributed by atoms with E-state index in [-0.39, 0.29) is 11.8 Å². The van der Waals surface area contributed by atoms with E-state index in [1.807, 2.05) is 48.2 Å². The lowest BCUT2D eigenvalue weighted by Gasteiger charge is -2.30. The number of aromatic nitrogens is 4. The number of hydrogen-bond donors (Lipinski definition) is 1. The van der Waals surface area contributed by atoms with Gasteiger partial charge in [0.2, 0.25) is 11.8 Å². The molecule has 3 aromatic heterocycles. The summed E-state index contributed by atoms with van der Waals surface area (Å²) in [5, 5.41) is 9.34. The van der Waals surface area contributed by atoms with Gasteiger partial charge in [-0.3, -0.25) is 9.78 Å². The molecule has 1 aliphatic heterocycles. The summed E-state index contributed by atoms with van der Waals surface area (Å²) in [6.45, 7) is 3.17. The number of likely N-dealkylation sites (tertiary alicyclic amines) is 1. The van der Waals surface area contributed by atoms with E-state index < -0.39 is 0 Å². The fourth-order valence-electron chi connectivity index (χ4n) is 4.06. The number of benzene rings is 1. The highest BCUT2D eigenvalue weighted by atomic mass is 16.5. The van der Waals surface area contributed by atoms with E-state index in [4.69, 9.17) is 9.15 Å². The molecule has 0 spiro atoms. The average molecular weight is 417 g/mol. The first-order chi connectivity index (χ1) is 15.1. The molecular formula is C23H23N5O3. The second kappa shape index (κ2) is 7.86. The summed E-state index contributed by atoms with van der Waals surface area (Å²) in [6.07, 6.45) is 3.51. The molecule has 1 atom stereocenters. The Morgan fingerprint density at radius 1 is 1.26 bits per heavy atom. The van der Waals surface area contributed by atoms with Crippen LogP contribution >= 0.6 is 0 Å². The minimum atomic E-state index is -0.0366.